The fourth-order valence-corrected chi connectivity index (χ4v) is 5.01. The zero-order chi connectivity index (χ0) is 29.7. The van der Waals surface area contributed by atoms with Crippen molar-refractivity contribution in [3.8, 4) is 11.4 Å². The average molecular weight is 582 g/mol. The molecule has 3 N–H and O–H groups in total. The molecule has 1 aromatic carbocycles. The standard InChI is InChI=1S/C27H29N7O.C2HF3O2/c28-22-5-3-21(4-6-22)26-31-25(20-9-14-35-15-10-20)24-17-30-34(27(24)32-26)23-7-12-33(13-8-23)18-19-2-1-11-29-16-19;3-2(4,5)1(6)7/h1-6,9,11,16-17,23H,7-8,10,12-15,18,28H2;(H,6,7). The summed E-state index contributed by atoms with van der Waals surface area (Å²) >= 11 is 0. The number of carboxylic acid groups (broad SMARTS) is 1. The van der Waals surface area contributed by atoms with Crippen LogP contribution in [0.5, 0.6) is 0 Å². The molecule has 0 aliphatic carbocycles. The highest BCUT2D eigenvalue weighted by atomic mass is 19.4. The van der Waals surface area contributed by atoms with Crippen molar-refractivity contribution in [1.82, 2.24) is 29.6 Å². The Hall–Kier alpha value is -4.36. The number of rotatable bonds is 5. The summed E-state index contributed by atoms with van der Waals surface area (Å²) in [5.74, 6) is -2.05. The molecule has 220 valence electrons. The number of hydrogen-bond donors (Lipinski definition) is 2. The summed E-state index contributed by atoms with van der Waals surface area (Å²) in [6.45, 7) is 4.29. The van der Waals surface area contributed by atoms with E-state index in [-0.39, 0.29) is 0 Å². The third-order valence-corrected chi connectivity index (χ3v) is 7.16. The van der Waals surface area contributed by atoms with E-state index in [4.69, 9.17) is 35.4 Å². The summed E-state index contributed by atoms with van der Waals surface area (Å²) in [4.78, 5) is 25.7. The predicted octanol–water partition coefficient (Wildman–Crippen LogP) is 4.74. The summed E-state index contributed by atoms with van der Waals surface area (Å²) in [6.07, 6.45) is 5.67. The highest BCUT2D eigenvalue weighted by molar-refractivity contribution is 5.89. The number of halogens is 3. The number of alkyl halides is 3. The van der Waals surface area contributed by atoms with Gasteiger partial charge in [-0.25, -0.2) is 19.4 Å². The Labute approximate surface area is 239 Å². The molecule has 0 bridgehead atoms. The van der Waals surface area contributed by atoms with Crippen molar-refractivity contribution in [2.24, 2.45) is 0 Å². The van der Waals surface area contributed by atoms with Crippen LogP contribution in [0, 0.1) is 0 Å². The van der Waals surface area contributed by atoms with Crippen molar-refractivity contribution in [2.45, 2.75) is 38.0 Å². The fourth-order valence-electron chi connectivity index (χ4n) is 5.01. The van der Waals surface area contributed by atoms with Crippen molar-refractivity contribution in [3.63, 3.8) is 0 Å². The molecule has 3 aromatic heterocycles. The average Bonchev–Trinajstić information content (AvgIpc) is 3.42. The van der Waals surface area contributed by atoms with Crippen molar-refractivity contribution in [2.75, 3.05) is 32.0 Å². The number of fused-ring (bicyclic) bond motifs is 1. The van der Waals surface area contributed by atoms with E-state index in [0.29, 0.717) is 25.1 Å². The van der Waals surface area contributed by atoms with Gasteiger partial charge in [0.05, 0.1) is 36.5 Å². The molecule has 10 nitrogen and oxygen atoms in total. The Bertz CT molecular complexity index is 1550. The van der Waals surface area contributed by atoms with E-state index in [2.05, 4.69) is 26.7 Å². The Morgan fingerprint density at radius 2 is 1.83 bits per heavy atom. The molecule has 1 fully saturated rings. The maximum Gasteiger partial charge on any atom is 0.490 e. The van der Waals surface area contributed by atoms with Crippen LogP contribution in [0.15, 0.2) is 61.1 Å². The van der Waals surface area contributed by atoms with E-state index in [1.54, 1.807) is 0 Å². The molecule has 6 rings (SSSR count). The van der Waals surface area contributed by atoms with Gasteiger partial charge in [0.15, 0.2) is 11.5 Å². The van der Waals surface area contributed by atoms with Gasteiger partial charge in [0.1, 0.15) is 0 Å². The van der Waals surface area contributed by atoms with Crippen LogP contribution >= 0.6 is 0 Å². The van der Waals surface area contributed by atoms with Gasteiger partial charge in [0.2, 0.25) is 0 Å². The quantitative estimate of drug-likeness (QED) is 0.321. The minimum absolute atomic E-state index is 0.309. The molecule has 13 heteroatoms. The molecule has 42 heavy (non-hydrogen) atoms. The number of aliphatic carboxylic acids is 1. The molecule has 0 amide bonds. The fraction of sp³-hybridized carbons (Fsp3) is 0.345. The molecular weight excluding hydrogens is 551 g/mol. The van der Waals surface area contributed by atoms with Crippen LogP contribution in [-0.4, -0.2) is 73.2 Å². The van der Waals surface area contributed by atoms with Gasteiger partial charge in [-0.15, -0.1) is 0 Å². The zero-order valence-electron chi connectivity index (χ0n) is 22.7. The van der Waals surface area contributed by atoms with E-state index in [1.807, 2.05) is 48.9 Å². The summed E-state index contributed by atoms with van der Waals surface area (Å²) in [7, 11) is 0. The molecule has 2 aliphatic rings. The van der Waals surface area contributed by atoms with Gasteiger partial charge in [-0.2, -0.15) is 18.3 Å². The Balaban J connectivity index is 0.000000451. The summed E-state index contributed by atoms with van der Waals surface area (Å²) in [5, 5.41) is 13.0. The first-order chi connectivity index (χ1) is 20.2. The second-order valence-corrected chi connectivity index (χ2v) is 10.1. The number of hydrogen-bond acceptors (Lipinski definition) is 8. The molecule has 0 radical (unpaired) electrons. The van der Waals surface area contributed by atoms with Crippen molar-refractivity contribution in [3.05, 3.63) is 72.3 Å². The minimum Gasteiger partial charge on any atom is -0.475 e. The van der Waals surface area contributed by atoms with Gasteiger partial charge in [-0.05, 0) is 60.7 Å². The van der Waals surface area contributed by atoms with Crippen LogP contribution in [0.3, 0.4) is 0 Å². The Kier molecular flexibility index (Phi) is 8.78. The Morgan fingerprint density at radius 1 is 1.10 bits per heavy atom. The van der Waals surface area contributed by atoms with Gasteiger partial charge in [0.25, 0.3) is 0 Å². The van der Waals surface area contributed by atoms with E-state index >= 15 is 0 Å². The third kappa shape index (κ3) is 6.92. The number of aromatic nitrogens is 5. The maximum atomic E-state index is 10.6. The lowest BCUT2D eigenvalue weighted by molar-refractivity contribution is -0.192. The second kappa shape index (κ2) is 12.7. The molecule has 0 saturated carbocycles. The van der Waals surface area contributed by atoms with Crippen LogP contribution in [0.25, 0.3) is 28.0 Å². The topological polar surface area (TPSA) is 132 Å². The van der Waals surface area contributed by atoms with E-state index in [9.17, 15) is 13.2 Å². The number of ether oxygens (including phenoxy) is 1. The first-order valence-electron chi connectivity index (χ1n) is 13.5. The Morgan fingerprint density at radius 3 is 2.45 bits per heavy atom. The normalized spacial score (nSPS) is 16.5. The lowest BCUT2D eigenvalue weighted by atomic mass is 10.0. The van der Waals surface area contributed by atoms with E-state index < -0.39 is 12.1 Å². The number of piperidine rings is 1. The van der Waals surface area contributed by atoms with Crippen molar-refractivity contribution >= 4 is 28.3 Å². The number of benzene rings is 1. The van der Waals surface area contributed by atoms with Crippen LogP contribution in [0.2, 0.25) is 0 Å². The van der Waals surface area contributed by atoms with Gasteiger partial charge < -0.3 is 15.6 Å². The highest BCUT2D eigenvalue weighted by Gasteiger charge is 2.38. The lowest BCUT2D eigenvalue weighted by Crippen LogP contribution is -2.34. The smallest absolute Gasteiger partial charge is 0.475 e. The predicted molar refractivity (Wildman–Crippen MR) is 150 cm³/mol. The molecule has 4 aromatic rings. The van der Waals surface area contributed by atoms with E-state index in [0.717, 1.165) is 66.9 Å². The molecule has 0 spiro atoms. The lowest BCUT2D eigenvalue weighted by Gasteiger charge is -2.32. The van der Waals surface area contributed by atoms with Crippen molar-refractivity contribution < 1.29 is 27.8 Å². The van der Waals surface area contributed by atoms with Crippen LogP contribution in [0.4, 0.5) is 18.9 Å². The largest absolute Gasteiger partial charge is 0.490 e. The number of anilines is 1. The molecule has 1 saturated heterocycles. The number of pyridine rings is 1. The third-order valence-electron chi connectivity index (χ3n) is 7.16. The monoisotopic (exact) mass is 581 g/mol. The number of carboxylic acids is 1. The molecule has 0 unspecified atom stereocenters. The van der Waals surface area contributed by atoms with Crippen LogP contribution in [-0.2, 0) is 16.1 Å². The molecular formula is C29H30F3N7O3. The SMILES string of the molecule is Nc1ccc(-c2nc(C3=CCOCC3)c3cnn(C4CCN(Cc5cccnc5)CC4)c3n2)cc1.O=C(O)C(F)(F)F. The summed E-state index contributed by atoms with van der Waals surface area (Å²) in [6, 6.07) is 12.2. The van der Waals surface area contributed by atoms with Gasteiger partial charge in [-0.1, -0.05) is 12.1 Å². The zero-order valence-corrected chi connectivity index (χ0v) is 22.7. The number of carbonyl (C=O) groups is 1. The maximum absolute atomic E-state index is 10.6. The molecule has 2 aliphatic heterocycles. The van der Waals surface area contributed by atoms with Crippen LogP contribution < -0.4 is 5.73 Å². The first kappa shape index (κ1) is 29.1. The molecule has 0 atom stereocenters. The van der Waals surface area contributed by atoms with Crippen molar-refractivity contribution in [1.29, 1.82) is 0 Å². The highest BCUT2D eigenvalue weighted by Crippen LogP contribution is 2.32. The van der Waals surface area contributed by atoms with Crippen LogP contribution in [0.1, 0.15) is 36.6 Å². The van der Waals surface area contributed by atoms with Gasteiger partial charge in [0, 0.05) is 43.3 Å². The minimum atomic E-state index is -5.08. The number of nitrogens with zero attached hydrogens (tertiary/aromatic N) is 6. The number of nitrogens with two attached hydrogens (primary N) is 1. The first-order valence-corrected chi connectivity index (χ1v) is 13.5. The van der Waals surface area contributed by atoms with E-state index in [1.165, 1.54) is 11.1 Å². The summed E-state index contributed by atoms with van der Waals surface area (Å²) < 4.78 is 39.4. The molecule has 5 heterocycles. The number of likely N-dealkylation sites (tertiary alicyclic amines) is 1. The number of nitrogen functional groups attached to an aromatic ring is 1. The summed E-state index contributed by atoms with van der Waals surface area (Å²) in [5.41, 5.74) is 11.9. The van der Waals surface area contributed by atoms with Gasteiger partial charge >= 0.3 is 12.1 Å². The van der Waals surface area contributed by atoms with Gasteiger partial charge in [-0.3, -0.25) is 9.88 Å². The second-order valence-electron chi connectivity index (χ2n) is 10.1.